The standard InChI is InChI=1S/C32H39NO12/c1-16(2)8-13-20-22(42-14-6-5-7-23(35)33-40)15-21(34)24-26(37)31(45-32-28(39)27(38)25(36)17(3)43-32)29(44-30(20)24)18-9-11-19(41-4)12-10-18/h8-12,15,17,25,27-28,32,34,36,38-40H,5-7,13-14H2,1-4H3,(H,33,35)/t17-,25-,27+,28+,32-/m1/s1. The summed E-state index contributed by atoms with van der Waals surface area (Å²) in [6, 6.07) is 7.87. The number of phenolic OH excluding ortho intramolecular Hbond substituents is 1. The van der Waals surface area contributed by atoms with Gasteiger partial charge in [0.2, 0.25) is 23.4 Å². The van der Waals surface area contributed by atoms with Gasteiger partial charge in [0.05, 0.1) is 19.8 Å². The van der Waals surface area contributed by atoms with Crippen molar-refractivity contribution in [2.75, 3.05) is 13.7 Å². The predicted octanol–water partition coefficient (Wildman–Crippen LogP) is 2.94. The van der Waals surface area contributed by atoms with Gasteiger partial charge in [-0.15, -0.1) is 0 Å². The smallest absolute Gasteiger partial charge is 0.243 e. The molecule has 0 radical (unpaired) electrons. The van der Waals surface area contributed by atoms with Gasteiger partial charge >= 0.3 is 0 Å². The lowest BCUT2D eigenvalue weighted by atomic mass is 10.00. The first-order valence-corrected chi connectivity index (χ1v) is 14.5. The third kappa shape index (κ3) is 7.57. The second-order valence-electron chi connectivity index (χ2n) is 11.0. The molecule has 1 amide bonds. The average molecular weight is 630 g/mol. The Morgan fingerprint density at radius 3 is 2.42 bits per heavy atom. The van der Waals surface area contributed by atoms with Gasteiger partial charge in [-0.3, -0.25) is 14.8 Å². The maximum atomic E-state index is 14.1. The van der Waals surface area contributed by atoms with Crippen LogP contribution < -0.4 is 25.1 Å². The van der Waals surface area contributed by atoms with E-state index in [1.807, 2.05) is 19.9 Å². The van der Waals surface area contributed by atoms with Gasteiger partial charge in [-0.1, -0.05) is 11.6 Å². The van der Waals surface area contributed by atoms with E-state index in [1.54, 1.807) is 29.7 Å². The van der Waals surface area contributed by atoms with Crippen LogP contribution in [0.3, 0.4) is 0 Å². The van der Waals surface area contributed by atoms with Crippen LogP contribution in [0, 0.1) is 0 Å². The Balaban J connectivity index is 1.87. The maximum absolute atomic E-state index is 14.1. The number of aliphatic hydroxyl groups excluding tert-OH is 3. The highest BCUT2D eigenvalue weighted by Crippen LogP contribution is 2.41. The van der Waals surface area contributed by atoms with Gasteiger partial charge in [0.15, 0.2) is 5.76 Å². The molecule has 0 saturated carbocycles. The lowest BCUT2D eigenvalue weighted by molar-refractivity contribution is -0.268. The van der Waals surface area contributed by atoms with Crippen LogP contribution >= 0.6 is 0 Å². The van der Waals surface area contributed by atoms with E-state index in [2.05, 4.69) is 0 Å². The monoisotopic (exact) mass is 629 g/mol. The highest BCUT2D eigenvalue weighted by atomic mass is 16.7. The highest BCUT2D eigenvalue weighted by Gasteiger charge is 2.44. The number of unbranched alkanes of at least 4 members (excludes halogenated alkanes) is 1. The number of hydrogen-bond donors (Lipinski definition) is 6. The molecule has 1 aliphatic heterocycles. The average Bonchev–Trinajstić information content (AvgIpc) is 3.02. The number of hydroxylamine groups is 1. The van der Waals surface area contributed by atoms with Crippen LogP contribution in [0.25, 0.3) is 22.3 Å². The lowest BCUT2D eigenvalue weighted by Crippen LogP contribution is -2.58. The van der Waals surface area contributed by atoms with Gasteiger partial charge < -0.3 is 43.8 Å². The molecule has 45 heavy (non-hydrogen) atoms. The predicted molar refractivity (Wildman–Crippen MR) is 162 cm³/mol. The summed E-state index contributed by atoms with van der Waals surface area (Å²) in [4.78, 5) is 25.5. The minimum absolute atomic E-state index is 0.0410. The quantitative estimate of drug-likeness (QED) is 0.0743. The van der Waals surface area contributed by atoms with Gasteiger partial charge in [-0.2, -0.15) is 0 Å². The molecule has 2 heterocycles. The number of carbonyl (C=O) groups is 1. The summed E-state index contributed by atoms with van der Waals surface area (Å²) in [6.07, 6.45) is -4.03. The van der Waals surface area contributed by atoms with E-state index in [0.29, 0.717) is 29.7 Å². The van der Waals surface area contributed by atoms with Crippen LogP contribution in [0.1, 0.15) is 45.6 Å². The largest absolute Gasteiger partial charge is 0.507 e. The van der Waals surface area contributed by atoms with Crippen LogP contribution in [0.5, 0.6) is 23.0 Å². The molecule has 1 aliphatic rings. The Morgan fingerprint density at radius 1 is 1.07 bits per heavy atom. The van der Waals surface area contributed by atoms with Crippen LogP contribution in [-0.4, -0.2) is 76.0 Å². The fourth-order valence-electron chi connectivity index (χ4n) is 4.88. The van der Waals surface area contributed by atoms with E-state index in [9.17, 15) is 30.0 Å². The summed E-state index contributed by atoms with van der Waals surface area (Å²) < 4.78 is 29.1. The zero-order valence-corrected chi connectivity index (χ0v) is 25.5. The molecule has 0 aliphatic carbocycles. The minimum Gasteiger partial charge on any atom is -0.507 e. The molecule has 3 aromatic rings. The molecule has 6 N–H and O–H groups in total. The number of rotatable bonds is 12. The molecule has 1 saturated heterocycles. The molecule has 1 fully saturated rings. The molecule has 13 heteroatoms. The third-order valence-electron chi connectivity index (χ3n) is 7.46. The number of allylic oxidation sites excluding steroid dienone is 2. The number of methoxy groups -OCH3 is 1. The normalized spacial score (nSPS) is 21.3. The van der Waals surface area contributed by atoms with Crippen molar-refractivity contribution >= 4 is 16.9 Å². The second-order valence-corrected chi connectivity index (χ2v) is 11.0. The van der Waals surface area contributed by atoms with Gasteiger partial charge in [-0.25, -0.2) is 5.48 Å². The van der Waals surface area contributed by atoms with Crippen molar-refractivity contribution in [1.82, 2.24) is 5.48 Å². The van der Waals surface area contributed by atoms with Crippen LogP contribution in [0.4, 0.5) is 0 Å². The molecule has 4 rings (SSSR count). The zero-order valence-electron chi connectivity index (χ0n) is 25.5. The number of fused-ring (bicyclic) bond motifs is 1. The molecule has 1 aromatic heterocycles. The molecule has 0 bridgehead atoms. The number of carbonyl (C=O) groups excluding carboxylic acids is 1. The van der Waals surface area contributed by atoms with E-state index in [-0.39, 0.29) is 41.9 Å². The molecule has 0 spiro atoms. The SMILES string of the molecule is COc1ccc(-c2oc3c(CC=C(C)C)c(OCCCCC(=O)NO)cc(O)c3c(=O)c2O[C@H]2O[C@H](C)[C@@H](O)[C@H](O)[C@@H]2O)cc1. The minimum atomic E-state index is -1.71. The Labute approximate surface area is 259 Å². The molecule has 2 aromatic carbocycles. The van der Waals surface area contributed by atoms with Gasteiger partial charge in [0.1, 0.15) is 46.5 Å². The van der Waals surface area contributed by atoms with Gasteiger partial charge in [-0.05, 0) is 64.3 Å². The Bertz CT molecular complexity index is 1580. The van der Waals surface area contributed by atoms with Gasteiger partial charge in [0.25, 0.3) is 0 Å². The van der Waals surface area contributed by atoms with Crippen molar-refractivity contribution in [3.63, 3.8) is 0 Å². The number of amides is 1. The zero-order chi connectivity index (χ0) is 32.8. The topological polar surface area (TPSA) is 197 Å². The first-order chi connectivity index (χ1) is 21.5. The number of aromatic hydroxyl groups is 1. The summed E-state index contributed by atoms with van der Waals surface area (Å²) in [7, 11) is 1.50. The van der Waals surface area contributed by atoms with Crippen LogP contribution in [-0.2, 0) is 16.0 Å². The van der Waals surface area contributed by atoms with E-state index < -0.39 is 53.5 Å². The number of ether oxygens (including phenoxy) is 4. The molecular weight excluding hydrogens is 590 g/mol. The first kappa shape index (κ1) is 33.7. The van der Waals surface area contributed by atoms with E-state index >= 15 is 0 Å². The molecule has 244 valence electrons. The molecule has 5 atom stereocenters. The van der Waals surface area contributed by atoms with Crippen molar-refractivity contribution < 1.29 is 53.8 Å². The number of nitrogens with one attached hydrogen (secondary N) is 1. The van der Waals surface area contributed by atoms with E-state index in [1.165, 1.54) is 20.1 Å². The van der Waals surface area contributed by atoms with Crippen molar-refractivity contribution in [1.29, 1.82) is 0 Å². The van der Waals surface area contributed by atoms with Crippen molar-refractivity contribution in [3.8, 4) is 34.3 Å². The van der Waals surface area contributed by atoms with Gasteiger partial charge in [0, 0.05) is 23.6 Å². The Kier molecular flexibility index (Phi) is 11.1. The van der Waals surface area contributed by atoms with Crippen molar-refractivity contribution in [2.45, 2.75) is 77.2 Å². The highest BCUT2D eigenvalue weighted by molar-refractivity contribution is 5.91. The van der Waals surface area contributed by atoms with E-state index in [4.69, 9.17) is 28.6 Å². The summed E-state index contributed by atoms with van der Waals surface area (Å²) in [5, 5.41) is 50.7. The summed E-state index contributed by atoms with van der Waals surface area (Å²) in [5.41, 5.74) is 2.69. The molecule has 0 unspecified atom stereocenters. The number of hydrogen-bond acceptors (Lipinski definition) is 12. The molecule has 13 nitrogen and oxygen atoms in total. The fraction of sp³-hybridized carbons (Fsp3) is 0.438. The number of phenols is 1. The summed E-state index contributed by atoms with van der Waals surface area (Å²) >= 11 is 0. The third-order valence-corrected chi connectivity index (χ3v) is 7.46. The molecular formula is C32H39NO12. The summed E-state index contributed by atoms with van der Waals surface area (Å²) in [5.74, 6) is -0.612. The number of aliphatic hydroxyl groups is 3. The Hall–Kier alpha value is -4.14. The van der Waals surface area contributed by atoms with Crippen molar-refractivity contribution in [3.05, 3.63) is 57.8 Å². The second kappa shape index (κ2) is 14.8. The van der Waals surface area contributed by atoms with E-state index in [0.717, 1.165) is 5.57 Å². The summed E-state index contributed by atoms with van der Waals surface area (Å²) in [6.45, 7) is 5.46. The Morgan fingerprint density at radius 2 is 1.78 bits per heavy atom. The fourth-order valence-corrected chi connectivity index (χ4v) is 4.88. The maximum Gasteiger partial charge on any atom is 0.243 e. The van der Waals surface area contributed by atoms with Crippen molar-refractivity contribution in [2.24, 2.45) is 0 Å². The first-order valence-electron chi connectivity index (χ1n) is 14.5. The van der Waals surface area contributed by atoms with Crippen LogP contribution in [0.2, 0.25) is 0 Å². The van der Waals surface area contributed by atoms with Crippen LogP contribution in [0.15, 0.2) is 51.2 Å². The number of benzene rings is 2. The lowest BCUT2D eigenvalue weighted by Gasteiger charge is -2.38.